The molecule has 20 heavy (non-hydrogen) atoms. The number of rotatable bonds is 5. The van der Waals surface area contributed by atoms with Crippen molar-refractivity contribution in [1.29, 1.82) is 0 Å². The molecule has 4 nitrogen and oxygen atoms in total. The van der Waals surface area contributed by atoms with Crippen molar-refractivity contribution in [1.82, 2.24) is 0 Å². The maximum absolute atomic E-state index is 12.3. The fourth-order valence-corrected chi connectivity index (χ4v) is 2.54. The Labute approximate surface area is 116 Å². The maximum Gasteiger partial charge on any atom is 0.387 e. The predicted molar refractivity (Wildman–Crippen MR) is 71.7 cm³/mol. The molecule has 0 spiro atoms. The lowest BCUT2D eigenvalue weighted by atomic mass is 9.94. The number of halogens is 2. The Morgan fingerprint density at radius 2 is 2.00 bits per heavy atom. The van der Waals surface area contributed by atoms with Crippen molar-refractivity contribution >= 4 is 11.6 Å². The van der Waals surface area contributed by atoms with Crippen LogP contribution in [0.25, 0.3) is 0 Å². The van der Waals surface area contributed by atoms with Crippen molar-refractivity contribution in [2.45, 2.75) is 44.3 Å². The van der Waals surface area contributed by atoms with E-state index < -0.39 is 12.2 Å². The third-order valence-corrected chi connectivity index (χ3v) is 3.49. The third-order valence-electron chi connectivity index (χ3n) is 3.49. The summed E-state index contributed by atoms with van der Waals surface area (Å²) in [6, 6.07) is 6.11. The van der Waals surface area contributed by atoms with E-state index in [-0.39, 0.29) is 23.8 Å². The van der Waals surface area contributed by atoms with Gasteiger partial charge in [0, 0.05) is 12.0 Å². The molecule has 1 aliphatic carbocycles. The first-order valence-corrected chi connectivity index (χ1v) is 6.61. The quantitative estimate of drug-likeness (QED) is 0.873. The zero-order valence-corrected chi connectivity index (χ0v) is 11.1. The summed E-state index contributed by atoms with van der Waals surface area (Å²) in [5.41, 5.74) is 5.89. The largest absolute Gasteiger partial charge is 0.433 e. The molecule has 1 aromatic rings. The number of nitrogens with two attached hydrogens (primary N) is 1. The van der Waals surface area contributed by atoms with E-state index in [1.807, 2.05) is 0 Å². The number of ether oxygens (including phenoxy) is 1. The minimum Gasteiger partial charge on any atom is -0.433 e. The van der Waals surface area contributed by atoms with Gasteiger partial charge in [0.15, 0.2) is 0 Å². The minimum absolute atomic E-state index is 0.0478. The topological polar surface area (TPSA) is 64.4 Å². The Balaban J connectivity index is 2.00. The van der Waals surface area contributed by atoms with Crippen molar-refractivity contribution in [3.63, 3.8) is 0 Å². The number of carbonyl (C=O) groups excluding carboxylic acids is 1. The highest BCUT2D eigenvalue weighted by Crippen LogP contribution is 2.31. The second kappa shape index (κ2) is 6.17. The first kappa shape index (κ1) is 14.7. The Hall–Kier alpha value is -1.69. The molecule has 0 heterocycles. The summed E-state index contributed by atoms with van der Waals surface area (Å²) >= 11 is 0. The van der Waals surface area contributed by atoms with Crippen LogP contribution in [0.1, 0.15) is 32.1 Å². The number of nitrogens with one attached hydrogen (secondary N) is 1. The molecule has 0 atom stereocenters. The molecule has 0 aromatic heterocycles. The molecule has 6 heteroatoms. The predicted octanol–water partition coefficient (Wildman–Crippen LogP) is 2.89. The summed E-state index contributed by atoms with van der Waals surface area (Å²) < 4.78 is 28.9. The number of carbonyl (C=O) groups is 1. The first-order valence-electron chi connectivity index (χ1n) is 6.61. The van der Waals surface area contributed by atoms with Gasteiger partial charge < -0.3 is 15.8 Å². The van der Waals surface area contributed by atoms with Gasteiger partial charge in [-0.1, -0.05) is 25.0 Å². The van der Waals surface area contributed by atoms with Crippen LogP contribution in [-0.2, 0) is 4.79 Å². The lowest BCUT2D eigenvalue weighted by Crippen LogP contribution is -2.40. The van der Waals surface area contributed by atoms with E-state index in [1.54, 1.807) is 12.1 Å². The van der Waals surface area contributed by atoms with Crippen molar-refractivity contribution in [2.24, 2.45) is 5.73 Å². The number of anilines is 1. The highest BCUT2D eigenvalue weighted by Gasteiger charge is 2.31. The zero-order chi connectivity index (χ0) is 14.6. The number of alkyl halides is 2. The van der Waals surface area contributed by atoms with E-state index in [1.165, 1.54) is 12.1 Å². The van der Waals surface area contributed by atoms with E-state index in [9.17, 15) is 13.6 Å². The molecule has 0 radical (unpaired) electrons. The van der Waals surface area contributed by atoms with Gasteiger partial charge in [0.1, 0.15) is 5.75 Å². The number of benzene rings is 1. The minimum atomic E-state index is -2.93. The summed E-state index contributed by atoms with van der Waals surface area (Å²) in [4.78, 5) is 12.0. The lowest BCUT2D eigenvalue weighted by molar-refractivity contribution is -0.117. The van der Waals surface area contributed by atoms with Crippen LogP contribution in [0.3, 0.4) is 0 Å². The van der Waals surface area contributed by atoms with Gasteiger partial charge in [-0.3, -0.25) is 4.79 Å². The molecule has 0 bridgehead atoms. The zero-order valence-electron chi connectivity index (χ0n) is 11.1. The van der Waals surface area contributed by atoms with Crippen molar-refractivity contribution in [3.05, 3.63) is 24.3 Å². The van der Waals surface area contributed by atoms with Crippen LogP contribution < -0.4 is 15.8 Å². The molecule has 1 aliphatic rings. The van der Waals surface area contributed by atoms with Crippen LogP contribution in [0.15, 0.2) is 24.3 Å². The molecule has 0 aliphatic heterocycles. The molecule has 1 amide bonds. The summed E-state index contributed by atoms with van der Waals surface area (Å²) in [5.74, 6) is -0.326. The standard InChI is InChI=1S/C14H18F2N2O2/c15-13(16)20-11-6-2-1-5-10(11)18-12(19)9-14(17)7-3-4-8-14/h1-2,5-6,13H,3-4,7-9,17H2,(H,18,19). The molecule has 3 N–H and O–H groups in total. The lowest BCUT2D eigenvalue weighted by Gasteiger charge is -2.22. The van der Waals surface area contributed by atoms with Gasteiger partial charge in [0.05, 0.1) is 5.69 Å². The Kier molecular flexibility index (Phi) is 4.54. The Morgan fingerprint density at radius 1 is 1.35 bits per heavy atom. The summed E-state index contributed by atoms with van der Waals surface area (Å²) in [6.07, 6.45) is 3.87. The van der Waals surface area contributed by atoms with Crippen LogP contribution in [0.2, 0.25) is 0 Å². The molecule has 110 valence electrons. The molecular formula is C14H18F2N2O2. The molecule has 1 fully saturated rings. The highest BCUT2D eigenvalue weighted by atomic mass is 19.3. The Morgan fingerprint density at radius 3 is 2.65 bits per heavy atom. The fourth-order valence-electron chi connectivity index (χ4n) is 2.54. The fraction of sp³-hybridized carbons (Fsp3) is 0.500. The second-order valence-corrected chi connectivity index (χ2v) is 5.17. The van der Waals surface area contributed by atoms with Crippen LogP contribution in [0, 0.1) is 0 Å². The van der Waals surface area contributed by atoms with E-state index in [4.69, 9.17) is 5.73 Å². The van der Waals surface area contributed by atoms with Crippen molar-refractivity contribution < 1.29 is 18.3 Å². The van der Waals surface area contributed by atoms with Crippen molar-refractivity contribution in [3.8, 4) is 5.75 Å². The smallest absolute Gasteiger partial charge is 0.387 e. The van der Waals surface area contributed by atoms with Crippen LogP contribution >= 0.6 is 0 Å². The summed E-state index contributed by atoms with van der Waals surface area (Å²) in [5, 5.41) is 2.59. The molecule has 0 unspecified atom stereocenters. The number of hydrogen-bond acceptors (Lipinski definition) is 3. The van der Waals surface area contributed by atoms with Gasteiger partial charge >= 0.3 is 6.61 Å². The summed E-state index contributed by atoms with van der Waals surface area (Å²) in [7, 11) is 0. The van der Waals surface area contributed by atoms with Gasteiger partial charge in [-0.25, -0.2) is 0 Å². The van der Waals surface area contributed by atoms with Gasteiger partial charge in [0.2, 0.25) is 5.91 Å². The van der Waals surface area contributed by atoms with E-state index >= 15 is 0 Å². The monoisotopic (exact) mass is 284 g/mol. The molecular weight excluding hydrogens is 266 g/mol. The first-order chi connectivity index (χ1) is 9.48. The van der Waals surface area contributed by atoms with Gasteiger partial charge in [-0.2, -0.15) is 8.78 Å². The number of para-hydroxylation sites is 2. The average Bonchev–Trinajstić information content (AvgIpc) is 2.77. The molecule has 1 saturated carbocycles. The van der Waals surface area contributed by atoms with Gasteiger partial charge in [0.25, 0.3) is 0 Å². The van der Waals surface area contributed by atoms with E-state index in [0.717, 1.165) is 25.7 Å². The second-order valence-electron chi connectivity index (χ2n) is 5.17. The van der Waals surface area contributed by atoms with Crippen LogP contribution in [0.5, 0.6) is 5.75 Å². The van der Waals surface area contributed by atoms with Crippen LogP contribution in [-0.4, -0.2) is 18.1 Å². The SMILES string of the molecule is NC1(CC(=O)Nc2ccccc2OC(F)F)CCCC1. The van der Waals surface area contributed by atoms with E-state index in [0.29, 0.717) is 0 Å². The number of hydrogen-bond donors (Lipinski definition) is 2. The molecule has 2 rings (SSSR count). The van der Waals surface area contributed by atoms with E-state index in [2.05, 4.69) is 10.1 Å². The average molecular weight is 284 g/mol. The normalized spacial score (nSPS) is 17.2. The Bertz CT molecular complexity index is 474. The maximum atomic E-state index is 12.3. The van der Waals surface area contributed by atoms with Crippen molar-refractivity contribution in [2.75, 3.05) is 5.32 Å². The van der Waals surface area contributed by atoms with Gasteiger partial charge in [-0.15, -0.1) is 0 Å². The molecule has 1 aromatic carbocycles. The molecule has 0 saturated heterocycles. The third kappa shape index (κ3) is 3.90. The van der Waals surface area contributed by atoms with Crippen LogP contribution in [0.4, 0.5) is 14.5 Å². The highest BCUT2D eigenvalue weighted by molar-refractivity contribution is 5.93. The number of amides is 1. The van der Waals surface area contributed by atoms with Gasteiger partial charge in [-0.05, 0) is 25.0 Å². The summed E-state index contributed by atoms with van der Waals surface area (Å²) in [6.45, 7) is -2.93.